The van der Waals surface area contributed by atoms with E-state index in [-0.39, 0.29) is 22.1 Å². The van der Waals surface area contributed by atoms with E-state index < -0.39 is 9.84 Å². The van der Waals surface area contributed by atoms with Crippen molar-refractivity contribution in [3.8, 4) is 5.75 Å². The van der Waals surface area contributed by atoms with Gasteiger partial charge in [-0.15, -0.1) is 0 Å². The SMILES string of the molecule is CCN(CC)CCN(C(=O)c1ccccc1S(=O)(=O)CC)c1nc2c(OC)cccc2s1. The molecular weight excluding hydrogens is 446 g/mol. The van der Waals surface area contributed by atoms with E-state index in [0.717, 1.165) is 17.8 Å². The molecule has 9 heteroatoms. The predicted octanol–water partition coefficient (Wildman–Crippen LogP) is 4.09. The summed E-state index contributed by atoms with van der Waals surface area (Å²) >= 11 is 1.39. The number of ether oxygens (including phenoxy) is 1. The van der Waals surface area contributed by atoms with Gasteiger partial charge < -0.3 is 9.64 Å². The zero-order valence-electron chi connectivity index (χ0n) is 18.9. The highest BCUT2D eigenvalue weighted by Gasteiger charge is 2.27. The van der Waals surface area contributed by atoms with Crippen LogP contribution in [0.25, 0.3) is 10.2 Å². The monoisotopic (exact) mass is 475 g/mol. The van der Waals surface area contributed by atoms with Crippen molar-refractivity contribution in [2.24, 2.45) is 0 Å². The molecule has 0 aliphatic carbocycles. The van der Waals surface area contributed by atoms with Crippen LogP contribution < -0.4 is 9.64 Å². The number of carbonyl (C=O) groups is 1. The molecule has 7 nitrogen and oxygen atoms in total. The van der Waals surface area contributed by atoms with E-state index >= 15 is 0 Å². The standard InChI is InChI=1S/C23H29N3O4S2/c1-5-25(6-2)15-16-26(23-24-21-18(30-4)12-10-13-19(21)31-23)22(27)17-11-8-9-14-20(17)32(28,29)7-3/h8-14H,5-7,15-16H2,1-4H3. The lowest BCUT2D eigenvalue weighted by atomic mass is 10.2. The van der Waals surface area contributed by atoms with Crippen LogP contribution in [-0.4, -0.2) is 63.3 Å². The Morgan fingerprint density at radius 1 is 1.03 bits per heavy atom. The van der Waals surface area contributed by atoms with E-state index in [0.29, 0.717) is 29.5 Å². The highest BCUT2D eigenvalue weighted by Crippen LogP contribution is 2.35. The number of nitrogens with zero attached hydrogens (tertiary/aromatic N) is 3. The van der Waals surface area contributed by atoms with Gasteiger partial charge in [0.1, 0.15) is 11.3 Å². The molecule has 0 aliphatic heterocycles. The van der Waals surface area contributed by atoms with Crippen molar-refractivity contribution >= 4 is 42.4 Å². The molecule has 0 N–H and O–H groups in total. The van der Waals surface area contributed by atoms with Crippen molar-refractivity contribution in [3.63, 3.8) is 0 Å². The molecule has 0 radical (unpaired) electrons. The highest BCUT2D eigenvalue weighted by molar-refractivity contribution is 7.91. The number of methoxy groups -OCH3 is 1. The number of rotatable bonds is 10. The third-order valence-electron chi connectivity index (χ3n) is 5.43. The van der Waals surface area contributed by atoms with Crippen LogP contribution in [0, 0.1) is 0 Å². The van der Waals surface area contributed by atoms with E-state index in [1.807, 2.05) is 18.2 Å². The number of sulfone groups is 1. The van der Waals surface area contributed by atoms with Crippen LogP contribution in [0.3, 0.4) is 0 Å². The Labute approximate surface area is 193 Å². The number of thiazole rings is 1. The lowest BCUT2D eigenvalue weighted by Crippen LogP contribution is -2.39. The van der Waals surface area contributed by atoms with Crippen LogP contribution in [-0.2, 0) is 9.84 Å². The average molecular weight is 476 g/mol. The quantitative estimate of drug-likeness (QED) is 0.439. The Kier molecular flexibility index (Phi) is 7.86. The third kappa shape index (κ3) is 4.95. The van der Waals surface area contributed by atoms with Crippen LogP contribution in [0.2, 0.25) is 0 Å². The van der Waals surface area contributed by atoms with Crippen molar-refractivity contribution in [1.29, 1.82) is 0 Å². The van der Waals surface area contributed by atoms with Gasteiger partial charge in [0.2, 0.25) is 0 Å². The number of anilines is 1. The van der Waals surface area contributed by atoms with Crippen molar-refractivity contribution in [3.05, 3.63) is 48.0 Å². The summed E-state index contributed by atoms with van der Waals surface area (Å²) < 4.78 is 31.6. The number of likely N-dealkylation sites (N-methyl/N-ethyl adjacent to an activating group) is 1. The number of benzene rings is 2. The minimum atomic E-state index is -3.56. The summed E-state index contributed by atoms with van der Waals surface area (Å²) in [5, 5.41) is 0.519. The number of para-hydroxylation sites is 1. The molecule has 3 aromatic rings. The molecule has 0 saturated heterocycles. The Balaban J connectivity index is 2.09. The normalized spacial score (nSPS) is 11.8. The van der Waals surface area contributed by atoms with Crippen LogP contribution >= 0.6 is 11.3 Å². The zero-order chi connectivity index (χ0) is 23.3. The Bertz CT molecular complexity index is 1190. The van der Waals surface area contributed by atoms with E-state index in [1.165, 1.54) is 17.4 Å². The van der Waals surface area contributed by atoms with E-state index in [1.54, 1.807) is 37.1 Å². The summed E-state index contributed by atoms with van der Waals surface area (Å²) in [5.41, 5.74) is 0.852. The molecule has 2 aromatic carbocycles. The number of amides is 1. The molecule has 1 amide bonds. The van der Waals surface area contributed by atoms with Gasteiger partial charge in [0.05, 0.1) is 28.0 Å². The number of hydrogen-bond donors (Lipinski definition) is 0. The van der Waals surface area contributed by atoms with E-state index in [2.05, 4.69) is 18.7 Å². The summed E-state index contributed by atoms with van der Waals surface area (Å²) in [6.45, 7) is 8.47. The molecule has 0 atom stereocenters. The molecule has 0 aliphatic rings. The van der Waals surface area contributed by atoms with E-state index in [9.17, 15) is 13.2 Å². The molecule has 0 fully saturated rings. The van der Waals surface area contributed by atoms with Crippen molar-refractivity contribution in [2.75, 3.05) is 43.9 Å². The first-order chi connectivity index (χ1) is 15.4. The molecule has 0 spiro atoms. The molecule has 172 valence electrons. The van der Waals surface area contributed by atoms with Gasteiger partial charge >= 0.3 is 0 Å². The average Bonchev–Trinajstić information content (AvgIpc) is 3.25. The van der Waals surface area contributed by atoms with Crippen molar-refractivity contribution in [2.45, 2.75) is 25.7 Å². The second-order valence-corrected chi connectivity index (χ2v) is 10.4. The van der Waals surface area contributed by atoms with Gasteiger partial charge in [0.25, 0.3) is 5.91 Å². The topological polar surface area (TPSA) is 79.8 Å². The number of fused-ring (bicyclic) bond motifs is 1. The predicted molar refractivity (Wildman–Crippen MR) is 130 cm³/mol. The summed E-state index contributed by atoms with van der Waals surface area (Å²) in [5.74, 6) is 0.188. The van der Waals surface area contributed by atoms with Crippen molar-refractivity contribution < 1.29 is 17.9 Å². The Hall–Kier alpha value is -2.49. The highest BCUT2D eigenvalue weighted by atomic mass is 32.2. The lowest BCUT2D eigenvalue weighted by molar-refractivity contribution is 0.0980. The van der Waals surface area contributed by atoms with Gasteiger partial charge in [-0.1, -0.05) is 50.3 Å². The first-order valence-electron chi connectivity index (χ1n) is 10.7. The minimum Gasteiger partial charge on any atom is -0.494 e. The van der Waals surface area contributed by atoms with Crippen LogP contribution in [0.15, 0.2) is 47.4 Å². The summed E-state index contributed by atoms with van der Waals surface area (Å²) in [6.07, 6.45) is 0. The first-order valence-corrected chi connectivity index (χ1v) is 13.1. The second kappa shape index (κ2) is 10.4. The molecular formula is C23H29N3O4S2. The third-order valence-corrected chi connectivity index (χ3v) is 8.26. The molecule has 3 rings (SSSR count). The molecule has 0 bridgehead atoms. The maximum absolute atomic E-state index is 13.7. The first kappa shape index (κ1) is 24.2. The maximum atomic E-state index is 13.7. The zero-order valence-corrected chi connectivity index (χ0v) is 20.5. The Morgan fingerprint density at radius 3 is 2.41 bits per heavy atom. The van der Waals surface area contributed by atoms with Gasteiger partial charge in [-0.2, -0.15) is 0 Å². The fourth-order valence-electron chi connectivity index (χ4n) is 3.47. The summed E-state index contributed by atoms with van der Waals surface area (Å²) in [4.78, 5) is 22.3. The van der Waals surface area contributed by atoms with Crippen molar-refractivity contribution in [1.82, 2.24) is 9.88 Å². The van der Waals surface area contributed by atoms with Gasteiger partial charge in [0, 0.05) is 13.1 Å². The fourth-order valence-corrected chi connectivity index (χ4v) is 5.57. The maximum Gasteiger partial charge on any atom is 0.261 e. The molecule has 32 heavy (non-hydrogen) atoms. The number of carbonyl (C=O) groups excluding carboxylic acids is 1. The molecule has 1 aromatic heterocycles. The van der Waals surface area contributed by atoms with Crippen LogP contribution in [0.1, 0.15) is 31.1 Å². The lowest BCUT2D eigenvalue weighted by Gasteiger charge is -2.25. The van der Waals surface area contributed by atoms with Crippen LogP contribution in [0.5, 0.6) is 5.75 Å². The second-order valence-electron chi connectivity index (χ2n) is 7.19. The van der Waals surface area contributed by atoms with Gasteiger partial charge in [-0.3, -0.25) is 9.69 Å². The molecule has 1 heterocycles. The number of hydrogen-bond acceptors (Lipinski definition) is 7. The smallest absolute Gasteiger partial charge is 0.261 e. The van der Waals surface area contributed by atoms with E-state index in [4.69, 9.17) is 9.72 Å². The number of aromatic nitrogens is 1. The summed E-state index contributed by atoms with van der Waals surface area (Å²) in [6, 6.07) is 12.0. The van der Waals surface area contributed by atoms with Gasteiger partial charge in [-0.25, -0.2) is 13.4 Å². The largest absolute Gasteiger partial charge is 0.494 e. The molecule has 0 saturated carbocycles. The molecule has 0 unspecified atom stereocenters. The van der Waals surface area contributed by atoms with Gasteiger partial charge in [-0.05, 0) is 37.4 Å². The minimum absolute atomic E-state index is 0.0547. The van der Waals surface area contributed by atoms with Gasteiger partial charge in [0.15, 0.2) is 15.0 Å². The van der Waals surface area contributed by atoms with Crippen LogP contribution in [0.4, 0.5) is 5.13 Å². The summed E-state index contributed by atoms with van der Waals surface area (Å²) in [7, 11) is -1.97. The Morgan fingerprint density at radius 2 is 1.75 bits per heavy atom. The fraction of sp³-hybridized carbons (Fsp3) is 0.391.